The molecule has 0 saturated carbocycles. The smallest absolute Gasteiger partial charge is 0.256 e. The van der Waals surface area contributed by atoms with Crippen molar-refractivity contribution in [3.05, 3.63) is 77.0 Å². The van der Waals surface area contributed by atoms with E-state index in [2.05, 4.69) is 31.2 Å². The van der Waals surface area contributed by atoms with Crippen LogP contribution in [0.5, 0.6) is 0 Å². The first kappa shape index (κ1) is 18.8. The average molecular weight is 369 g/mol. The Morgan fingerprint density at radius 1 is 1.04 bits per heavy atom. The number of aromatic nitrogens is 2. The summed E-state index contributed by atoms with van der Waals surface area (Å²) < 4.78 is 28.4. The molecule has 0 saturated heterocycles. The quantitative estimate of drug-likeness (QED) is 0.705. The number of halogens is 2. The fraction of sp³-hybridized carbons (Fsp3) is 0.238. The van der Waals surface area contributed by atoms with E-state index in [1.165, 1.54) is 10.7 Å². The molecule has 0 aliphatic heterocycles. The Labute approximate surface area is 156 Å². The third-order valence-electron chi connectivity index (χ3n) is 4.28. The van der Waals surface area contributed by atoms with Crippen LogP contribution in [0.3, 0.4) is 0 Å². The SMILES string of the molecule is Cc1cc(NC(=O)c2ccc(C(C)(C)C)cc2)nn1-c1ccc(F)cc1F. The molecule has 0 bridgehead atoms. The van der Waals surface area contributed by atoms with Crippen molar-refractivity contribution in [3.63, 3.8) is 0 Å². The first-order valence-electron chi connectivity index (χ1n) is 8.59. The summed E-state index contributed by atoms with van der Waals surface area (Å²) in [4.78, 5) is 12.5. The van der Waals surface area contributed by atoms with Gasteiger partial charge < -0.3 is 5.32 Å². The van der Waals surface area contributed by atoms with Crippen molar-refractivity contribution in [2.45, 2.75) is 33.1 Å². The number of hydrogen-bond acceptors (Lipinski definition) is 2. The van der Waals surface area contributed by atoms with Crippen LogP contribution in [0.15, 0.2) is 48.5 Å². The van der Waals surface area contributed by atoms with E-state index >= 15 is 0 Å². The molecule has 0 unspecified atom stereocenters. The highest BCUT2D eigenvalue weighted by Crippen LogP contribution is 2.23. The number of benzene rings is 2. The summed E-state index contributed by atoms with van der Waals surface area (Å²) in [6.45, 7) is 8.04. The van der Waals surface area contributed by atoms with E-state index in [4.69, 9.17) is 0 Å². The molecule has 1 N–H and O–H groups in total. The van der Waals surface area contributed by atoms with Crippen LogP contribution >= 0.6 is 0 Å². The van der Waals surface area contributed by atoms with Crippen molar-refractivity contribution >= 4 is 11.7 Å². The van der Waals surface area contributed by atoms with E-state index in [-0.39, 0.29) is 17.0 Å². The van der Waals surface area contributed by atoms with Gasteiger partial charge in [-0.25, -0.2) is 13.5 Å². The maximum Gasteiger partial charge on any atom is 0.256 e. The van der Waals surface area contributed by atoms with Gasteiger partial charge in [0.25, 0.3) is 5.91 Å². The van der Waals surface area contributed by atoms with Gasteiger partial charge in [-0.3, -0.25) is 4.79 Å². The Hall–Kier alpha value is -3.02. The number of hydrogen-bond donors (Lipinski definition) is 1. The molecule has 140 valence electrons. The van der Waals surface area contributed by atoms with Crippen LogP contribution in [-0.4, -0.2) is 15.7 Å². The maximum absolute atomic E-state index is 14.0. The second-order valence-electron chi connectivity index (χ2n) is 7.46. The molecule has 6 heteroatoms. The predicted octanol–water partition coefficient (Wildman–Crippen LogP) is 5.01. The summed E-state index contributed by atoms with van der Waals surface area (Å²) in [6.07, 6.45) is 0. The van der Waals surface area contributed by atoms with Crippen LogP contribution in [0.4, 0.5) is 14.6 Å². The van der Waals surface area contributed by atoms with Crippen molar-refractivity contribution in [2.24, 2.45) is 0 Å². The lowest BCUT2D eigenvalue weighted by Crippen LogP contribution is -2.14. The molecule has 3 aromatic rings. The summed E-state index contributed by atoms with van der Waals surface area (Å²) in [5.41, 5.74) is 2.36. The number of aryl methyl sites for hydroxylation is 1. The molecule has 4 nitrogen and oxygen atoms in total. The number of carbonyl (C=O) groups is 1. The highest BCUT2D eigenvalue weighted by Gasteiger charge is 2.16. The Morgan fingerprint density at radius 2 is 1.70 bits per heavy atom. The molecule has 2 aromatic carbocycles. The zero-order valence-corrected chi connectivity index (χ0v) is 15.7. The van der Waals surface area contributed by atoms with Crippen LogP contribution in [0, 0.1) is 18.6 Å². The number of carbonyl (C=O) groups excluding carboxylic acids is 1. The lowest BCUT2D eigenvalue weighted by Gasteiger charge is -2.18. The third-order valence-corrected chi connectivity index (χ3v) is 4.28. The van der Waals surface area contributed by atoms with Gasteiger partial charge in [0.2, 0.25) is 0 Å². The molecular formula is C21H21F2N3O. The van der Waals surface area contributed by atoms with Crippen LogP contribution < -0.4 is 5.32 Å². The molecule has 1 amide bonds. The van der Waals surface area contributed by atoms with Crippen molar-refractivity contribution in [1.29, 1.82) is 0 Å². The highest BCUT2D eigenvalue weighted by molar-refractivity contribution is 6.03. The number of amides is 1. The second-order valence-corrected chi connectivity index (χ2v) is 7.46. The maximum atomic E-state index is 14.0. The van der Waals surface area contributed by atoms with E-state index in [1.807, 2.05) is 12.1 Å². The van der Waals surface area contributed by atoms with E-state index in [0.717, 1.165) is 17.7 Å². The van der Waals surface area contributed by atoms with Crippen molar-refractivity contribution < 1.29 is 13.6 Å². The zero-order valence-electron chi connectivity index (χ0n) is 15.7. The van der Waals surface area contributed by atoms with Crippen molar-refractivity contribution in [3.8, 4) is 5.69 Å². The topological polar surface area (TPSA) is 46.9 Å². The number of anilines is 1. The van der Waals surface area contributed by atoms with Crippen molar-refractivity contribution in [1.82, 2.24) is 9.78 Å². The van der Waals surface area contributed by atoms with Gasteiger partial charge >= 0.3 is 0 Å². The van der Waals surface area contributed by atoms with E-state index < -0.39 is 11.6 Å². The Bertz CT molecular complexity index is 986. The van der Waals surface area contributed by atoms with Crippen LogP contribution in [-0.2, 0) is 5.41 Å². The average Bonchev–Trinajstić information content (AvgIpc) is 2.94. The van der Waals surface area contributed by atoms with E-state index in [9.17, 15) is 13.6 Å². The third kappa shape index (κ3) is 4.05. The number of nitrogens with one attached hydrogen (secondary N) is 1. The standard InChI is InChI=1S/C21H21F2N3O/c1-13-11-19(25-26(13)18-10-9-16(22)12-17(18)23)24-20(27)14-5-7-15(8-6-14)21(2,3)4/h5-12H,1-4H3,(H,24,25,27). The fourth-order valence-electron chi connectivity index (χ4n) is 2.74. The first-order chi connectivity index (χ1) is 12.6. The van der Waals surface area contributed by atoms with Gasteiger partial charge in [0, 0.05) is 23.4 Å². The summed E-state index contributed by atoms with van der Waals surface area (Å²) in [7, 11) is 0. The summed E-state index contributed by atoms with van der Waals surface area (Å²) >= 11 is 0. The van der Waals surface area contributed by atoms with Gasteiger partial charge in [0.15, 0.2) is 11.6 Å². The fourth-order valence-corrected chi connectivity index (χ4v) is 2.74. The van der Waals surface area contributed by atoms with Gasteiger partial charge in [0.1, 0.15) is 11.5 Å². The lowest BCUT2D eigenvalue weighted by atomic mass is 9.87. The van der Waals surface area contributed by atoms with Crippen LogP contribution in [0.2, 0.25) is 0 Å². The van der Waals surface area contributed by atoms with Crippen molar-refractivity contribution in [2.75, 3.05) is 5.32 Å². The molecule has 0 atom stereocenters. The zero-order chi connectivity index (χ0) is 19.8. The van der Waals surface area contributed by atoms with Crippen LogP contribution in [0.25, 0.3) is 5.69 Å². The largest absolute Gasteiger partial charge is 0.305 e. The van der Waals surface area contributed by atoms with E-state index in [0.29, 0.717) is 17.1 Å². The molecule has 3 rings (SSSR count). The Morgan fingerprint density at radius 3 is 2.30 bits per heavy atom. The second kappa shape index (κ2) is 6.95. The summed E-state index contributed by atoms with van der Waals surface area (Å²) in [5, 5.41) is 6.93. The summed E-state index contributed by atoms with van der Waals surface area (Å²) in [6, 6.07) is 12.3. The molecule has 0 spiro atoms. The van der Waals surface area contributed by atoms with Crippen LogP contribution in [0.1, 0.15) is 42.4 Å². The molecule has 0 fully saturated rings. The molecular weight excluding hydrogens is 348 g/mol. The number of nitrogens with zero attached hydrogens (tertiary/aromatic N) is 2. The number of rotatable bonds is 3. The molecule has 1 aromatic heterocycles. The minimum Gasteiger partial charge on any atom is -0.305 e. The molecule has 1 heterocycles. The molecule has 27 heavy (non-hydrogen) atoms. The minimum atomic E-state index is -0.725. The summed E-state index contributed by atoms with van der Waals surface area (Å²) in [5.74, 6) is -1.40. The Balaban J connectivity index is 1.81. The predicted molar refractivity (Wildman–Crippen MR) is 101 cm³/mol. The normalized spacial score (nSPS) is 11.5. The molecule has 0 aliphatic rings. The Kier molecular flexibility index (Phi) is 4.83. The highest BCUT2D eigenvalue weighted by atomic mass is 19.1. The molecule has 0 aliphatic carbocycles. The van der Waals surface area contributed by atoms with E-state index in [1.54, 1.807) is 25.1 Å². The van der Waals surface area contributed by atoms with Gasteiger partial charge in [-0.15, -0.1) is 5.10 Å². The lowest BCUT2D eigenvalue weighted by molar-refractivity contribution is 0.102. The van der Waals surface area contributed by atoms with Gasteiger partial charge in [-0.05, 0) is 42.2 Å². The van der Waals surface area contributed by atoms with Gasteiger partial charge in [0.05, 0.1) is 0 Å². The first-order valence-corrected chi connectivity index (χ1v) is 8.59. The minimum absolute atomic E-state index is 0.00409. The van der Waals surface area contributed by atoms with Gasteiger partial charge in [-0.1, -0.05) is 32.9 Å². The monoisotopic (exact) mass is 369 g/mol. The van der Waals surface area contributed by atoms with Gasteiger partial charge in [-0.2, -0.15) is 0 Å². The molecule has 0 radical (unpaired) electrons.